The lowest BCUT2D eigenvalue weighted by Gasteiger charge is -2.15. The van der Waals surface area contributed by atoms with Crippen molar-refractivity contribution in [2.24, 2.45) is 0 Å². The van der Waals surface area contributed by atoms with Crippen molar-refractivity contribution < 1.29 is 4.74 Å². The van der Waals surface area contributed by atoms with Crippen molar-refractivity contribution in [1.29, 1.82) is 0 Å². The average Bonchev–Trinajstić information content (AvgIpc) is 2.40. The van der Waals surface area contributed by atoms with Crippen molar-refractivity contribution in [2.75, 3.05) is 7.11 Å². The highest BCUT2D eigenvalue weighted by Crippen LogP contribution is 2.41. The van der Waals surface area contributed by atoms with Crippen molar-refractivity contribution >= 4 is 58.0 Å². The summed E-state index contributed by atoms with van der Waals surface area (Å²) in [6.45, 7) is 0. The molecule has 0 bridgehead atoms. The van der Waals surface area contributed by atoms with Crippen molar-refractivity contribution in [2.45, 2.75) is 5.38 Å². The van der Waals surface area contributed by atoms with E-state index < -0.39 is 5.38 Å². The number of hydrogen-bond acceptors (Lipinski definition) is 1. The molecular weight excluding hydrogens is 361 g/mol. The van der Waals surface area contributed by atoms with Gasteiger partial charge in [-0.3, -0.25) is 0 Å². The molecule has 2 aromatic carbocycles. The van der Waals surface area contributed by atoms with E-state index in [0.29, 0.717) is 37.0 Å². The maximum absolute atomic E-state index is 6.45. The lowest BCUT2D eigenvalue weighted by molar-refractivity contribution is 0.415. The molecule has 0 spiro atoms. The van der Waals surface area contributed by atoms with Crippen LogP contribution >= 0.6 is 58.0 Å². The highest BCUT2D eigenvalue weighted by molar-refractivity contribution is 6.37. The minimum atomic E-state index is -0.532. The number of alkyl halides is 1. The van der Waals surface area contributed by atoms with Gasteiger partial charge in [-0.2, -0.15) is 0 Å². The fourth-order valence-electron chi connectivity index (χ4n) is 1.77. The number of methoxy groups -OCH3 is 1. The molecule has 1 atom stereocenters. The summed E-state index contributed by atoms with van der Waals surface area (Å²) < 4.78 is 5.10. The Kier molecular flexibility index (Phi) is 5.33. The van der Waals surface area contributed by atoms with Gasteiger partial charge in [0.2, 0.25) is 0 Å². The van der Waals surface area contributed by atoms with E-state index in [-0.39, 0.29) is 0 Å². The second-order valence-corrected chi connectivity index (χ2v) is 6.13. The molecule has 2 aromatic rings. The molecule has 0 amide bonds. The van der Waals surface area contributed by atoms with Crippen LogP contribution in [0.5, 0.6) is 5.75 Å². The second-order valence-electron chi connectivity index (χ2n) is 4.04. The van der Waals surface area contributed by atoms with Crippen molar-refractivity contribution in [3.8, 4) is 5.75 Å². The Labute approximate surface area is 142 Å². The molecule has 1 nitrogen and oxygen atoms in total. The first kappa shape index (κ1) is 16.1. The van der Waals surface area contributed by atoms with E-state index in [9.17, 15) is 0 Å². The quantitative estimate of drug-likeness (QED) is 0.551. The average molecular weight is 370 g/mol. The third kappa shape index (κ3) is 3.29. The first-order valence-corrected chi connectivity index (χ1v) is 7.50. The Bertz CT molecular complexity index is 642. The van der Waals surface area contributed by atoms with Gasteiger partial charge in [-0.1, -0.05) is 52.5 Å². The molecule has 0 N–H and O–H groups in total. The molecule has 0 aliphatic heterocycles. The number of halogens is 5. The van der Waals surface area contributed by atoms with Crippen LogP contribution < -0.4 is 4.74 Å². The normalized spacial score (nSPS) is 12.3. The number of ether oxygens (including phenoxy) is 1. The Balaban J connectivity index is 2.48. The first-order chi connectivity index (χ1) is 9.43. The lowest BCUT2D eigenvalue weighted by atomic mass is 10.0. The van der Waals surface area contributed by atoms with Crippen LogP contribution in [0.4, 0.5) is 0 Å². The summed E-state index contributed by atoms with van der Waals surface area (Å²) in [4.78, 5) is 0. The maximum Gasteiger partial charge on any atom is 0.138 e. The number of benzene rings is 2. The molecular formula is C14H9Cl5O. The first-order valence-electron chi connectivity index (χ1n) is 5.56. The van der Waals surface area contributed by atoms with Crippen LogP contribution in [-0.4, -0.2) is 7.11 Å². The van der Waals surface area contributed by atoms with Gasteiger partial charge in [0.05, 0.1) is 17.5 Å². The summed E-state index contributed by atoms with van der Waals surface area (Å²) in [6.07, 6.45) is 0. The van der Waals surface area contributed by atoms with Gasteiger partial charge >= 0.3 is 0 Å². The highest BCUT2D eigenvalue weighted by Gasteiger charge is 2.19. The predicted octanol–water partition coefficient (Wildman–Crippen LogP) is 6.64. The van der Waals surface area contributed by atoms with E-state index >= 15 is 0 Å². The molecule has 20 heavy (non-hydrogen) atoms. The third-order valence-corrected chi connectivity index (χ3v) is 4.44. The van der Waals surface area contributed by atoms with Gasteiger partial charge < -0.3 is 4.74 Å². The zero-order valence-corrected chi connectivity index (χ0v) is 14.0. The largest absolute Gasteiger partial charge is 0.495 e. The van der Waals surface area contributed by atoms with Gasteiger partial charge in [-0.25, -0.2) is 0 Å². The van der Waals surface area contributed by atoms with E-state index in [1.807, 2.05) is 0 Å². The maximum atomic E-state index is 6.45. The minimum absolute atomic E-state index is 0.433. The smallest absolute Gasteiger partial charge is 0.138 e. The molecule has 0 radical (unpaired) electrons. The van der Waals surface area contributed by atoms with Crippen LogP contribution in [0.25, 0.3) is 0 Å². The fourth-order valence-corrected chi connectivity index (χ4v) is 3.28. The van der Waals surface area contributed by atoms with Gasteiger partial charge in [0.1, 0.15) is 5.75 Å². The van der Waals surface area contributed by atoms with E-state index in [0.717, 1.165) is 0 Å². The van der Waals surface area contributed by atoms with Crippen LogP contribution in [0.1, 0.15) is 16.5 Å². The van der Waals surface area contributed by atoms with E-state index in [2.05, 4.69) is 0 Å². The molecule has 2 rings (SSSR count). The molecule has 1 unspecified atom stereocenters. The van der Waals surface area contributed by atoms with Crippen LogP contribution in [0.15, 0.2) is 30.3 Å². The summed E-state index contributed by atoms with van der Waals surface area (Å²) in [5, 5.41) is 1.37. The third-order valence-electron chi connectivity index (χ3n) is 2.78. The van der Waals surface area contributed by atoms with E-state index in [1.165, 1.54) is 7.11 Å². The summed E-state index contributed by atoms with van der Waals surface area (Å²) >= 11 is 30.8. The van der Waals surface area contributed by atoms with Crippen molar-refractivity contribution in [3.63, 3.8) is 0 Å². The molecule has 0 aromatic heterocycles. The molecule has 106 valence electrons. The van der Waals surface area contributed by atoms with Gasteiger partial charge in [0.25, 0.3) is 0 Å². The van der Waals surface area contributed by atoms with Crippen LogP contribution in [-0.2, 0) is 0 Å². The van der Waals surface area contributed by atoms with E-state index in [1.54, 1.807) is 30.3 Å². The van der Waals surface area contributed by atoms with Crippen molar-refractivity contribution in [3.05, 3.63) is 61.5 Å². The SMILES string of the molecule is COc1cc(Cl)c(C(Cl)c2ccc(Cl)cc2Cl)cc1Cl. The Morgan fingerprint density at radius 2 is 1.50 bits per heavy atom. The molecule has 0 saturated carbocycles. The van der Waals surface area contributed by atoms with Gasteiger partial charge in [0.15, 0.2) is 0 Å². The zero-order valence-electron chi connectivity index (χ0n) is 10.3. The van der Waals surface area contributed by atoms with Gasteiger partial charge in [0, 0.05) is 21.1 Å². The van der Waals surface area contributed by atoms with Crippen LogP contribution in [0, 0.1) is 0 Å². The molecule has 0 saturated heterocycles. The summed E-state index contributed by atoms with van der Waals surface area (Å²) in [5.74, 6) is 0.492. The minimum Gasteiger partial charge on any atom is -0.495 e. The van der Waals surface area contributed by atoms with Crippen LogP contribution in [0.2, 0.25) is 20.1 Å². The van der Waals surface area contributed by atoms with Crippen LogP contribution in [0.3, 0.4) is 0 Å². The zero-order chi connectivity index (χ0) is 14.9. The lowest BCUT2D eigenvalue weighted by Crippen LogP contribution is -1.97. The fraction of sp³-hybridized carbons (Fsp3) is 0.143. The molecule has 0 heterocycles. The summed E-state index contributed by atoms with van der Waals surface area (Å²) in [7, 11) is 1.52. The summed E-state index contributed by atoms with van der Waals surface area (Å²) in [5.41, 5.74) is 1.37. The molecule has 0 aliphatic rings. The van der Waals surface area contributed by atoms with E-state index in [4.69, 9.17) is 62.7 Å². The van der Waals surface area contributed by atoms with Gasteiger partial charge in [-0.05, 0) is 29.3 Å². The number of rotatable bonds is 3. The Morgan fingerprint density at radius 1 is 0.850 bits per heavy atom. The Hall–Kier alpha value is -0.310. The van der Waals surface area contributed by atoms with Crippen molar-refractivity contribution in [1.82, 2.24) is 0 Å². The molecule has 0 fully saturated rings. The van der Waals surface area contributed by atoms with Gasteiger partial charge in [-0.15, -0.1) is 11.6 Å². The Morgan fingerprint density at radius 3 is 2.10 bits per heavy atom. The highest BCUT2D eigenvalue weighted by atomic mass is 35.5. The number of hydrogen-bond donors (Lipinski definition) is 0. The second kappa shape index (κ2) is 6.64. The molecule has 6 heteroatoms. The molecule has 0 aliphatic carbocycles. The predicted molar refractivity (Wildman–Crippen MR) is 87.2 cm³/mol. The topological polar surface area (TPSA) is 9.23 Å². The summed E-state index contributed by atoms with van der Waals surface area (Å²) in [6, 6.07) is 8.41. The standard InChI is InChI=1S/C14H9Cl5O/c1-20-13-6-11(17)9(5-12(13)18)14(19)8-3-2-7(15)4-10(8)16/h2-6,14H,1H3. The monoisotopic (exact) mass is 368 g/mol.